The monoisotopic (exact) mass is 256 g/mol. The summed E-state index contributed by atoms with van der Waals surface area (Å²) in [5, 5.41) is 0. The molecule has 2 unspecified atom stereocenters. The van der Waals surface area contributed by atoms with Crippen LogP contribution in [0.5, 0.6) is 0 Å². The fourth-order valence-electron chi connectivity index (χ4n) is 3.33. The largest absolute Gasteiger partial charge is 0.380 e. The van der Waals surface area contributed by atoms with Crippen LogP contribution in [0.25, 0.3) is 0 Å². The molecule has 0 saturated carbocycles. The Hall–Kier alpha value is -0.160. The van der Waals surface area contributed by atoms with Gasteiger partial charge in [-0.3, -0.25) is 0 Å². The summed E-state index contributed by atoms with van der Waals surface area (Å²) in [7, 11) is 0. The van der Waals surface area contributed by atoms with Gasteiger partial charge in [0, 0.05) is 38.2 Å². The van der Waals surface area contributed by atoms with Crippen LogP contribution in [0.3, 0.4) is 0 Å². The van der Waals surface area contributed by atoms with E-state index < -0.39 is 0 Å². The van der Waals surface area contributed by atoms with Crippen LogP contribution in [0.15, 0.2) is 0 Å². The van der Waals surface area contributed by atoms with Crippen molar-refractivity contribution in [1.82, 2.24) is 4.90 Å². The van der Waals surface area contributed by atoms with E-state index in [1.54, 1.807) is 0 Å². The molecule has 2 N–H and O–H groups in total. The number of nitrogens with zero attached hydrogens (tertiary/aromatic N) is 1. The number of nitrogens with two attached hydrogens (primary N) is 1. The molecule has 4 nitrogen and oxygen atoms in total. The van der Waals surface area contributed by atoms with Gasteiger partial charge in [0.15, 0.2) is 0 Å². The molecule has 2 fully saturated rings. The molecule has 0 spiro atoms. The van der Waals surface area contributed by atoms with Crippen molar-refractivity contribution in [1.29, 1.82) is 0 Å². The first-order valence-electron chi connectivity index (χ1n) is 7.09. The Balaban J connectivity index is 2.02. The summed E-state index contributed by atoms with van der Waals surface area (Å²) in [5.41, 5.74) is 6.04. The highest BCUT2D eigenvalue weighted by molar-refractivity contribution is 5.04. The smallest absolute Gasteiger partial charge is 0.0788 e. The van der Waals surface area contributed by atoms with Gasteiger partial charge in [0.25, 0.3) is 0 Å². The van der Waals surface area contributed by atoms with Crippen molar-refractivity contribution in [3.05, 3.63) is 0 Å². The predicted molar refractivity (Wildman–Crippen MR) is 72.6 cm³/mol. The summed E-state index contributed by atoms with van der Waals surface area (Å²) in [6.45, 7) is 13.4. The third kappa shape index (κ3) is 2.87. The van der Waals surface area contributed by atoms with Crippen molar-refractivity contribution in [3.63, 3.8) is 0 Å². The van der Waals surface area contributed by atoms with E-state index in [1.807, 2.05) is 0 Å². The molecule has 2 aliphatic heterocycles. The van der Waals surface area contributed by atoms with Crippen LogP contribution in [0.4, 0.5) is 0 Å². The van der Waals surface area contributed by atoms with Crippen LogP contribution < -0.4 is 5.73 Å². The minimum Gasteiger partial charge on any atom is -0.380 e. The lowest BCUT2D eigenvalue weighted by molar-refractivity contribution is -0.0784. The van der Waals surface area contributed by atoms with Gasteiger partial charge >= 0.3 is 0 Å². The minimum absolute atomic E-state index is 0.0941. The molecule has 2 aliphatic rings. The molecule has 0 aromatic carbocycles. The second kappa shape index (κ2) is 5.08. The molecule has 0 amide bonds. The van der Waals surface area contributed by atoms with Gasteiger partial charge in [-0.15, -0.1) is 0 Å². The first-order chi connectivity index (χ1) is 8.33. The fourth-order valence-corrected chi connectivity index (χ4v) is 3.33. The van der Waals surface area contributed by atoms with Gasteiger partial charge in [0.2, 0.25) is 0 Å². The van der Waals surface area contributed by atoms with Crippen LogP contribution in [-0.2, 0) is 9.47 Å². The lowest BCUT2D eigenvalue weighted by Gasteiger charge is -2.32. The van der Waals surface area contributed by atoms with Crippen LogP contribution in [0, 0.1) is 5.92 Å². The Kier molecular flexibility index (Phi) is 4.02. The van der Waals surface area contributed by atoms with Gasteiger partial charge in [-0.05, 0) is 34.1 Å². The highest BCUT2D eigenvalue weighted by Crippen LogP contribution is 2.41. The molecule has 0 bridgehead atoms. The van der Waals surface area contributed by atoms with Gasteiger partial charge in [-0.2, -0.15) is 0 Å². The molecule has 0 aromatic rings. The zero-order chi connectivity index (χ0) is 13.4. The maximum absolute atomic E-state index is 6.41. The van der Waals surface area contributed by atoms with Crippen molar-refractivity contribution in [2.45, 2.75) is 51.4 Å². The summed E-state index contributed by atoms with van der Waals surface area (Å²) in [4.78, 5) is 2.48. The molecular formula is C14H28N2O2. The zero-order valence-electron chi connectivity index (χ0n) is 12.2. The molecule has 18 heavy (non-hydrogen) atoms. The van der Waals surface area contributed by atoms with Crippen molar-refractivity contribution in [2.24, 2.45) is 11.7 Å². The zero-order valence-corrected chi connectivity index (χ0v) is 12.2. The van der Waals surface area contributed by atoms with E-state index in [1.165, 1.54) is 0 Å². The predicted octanol–water partition coefficient (Wildman–Crippen LogP) is 1.24. The SMILES string of the molecule is CC1(C)OC(C)(C)C(CN2CCCOCC2)C1N. The molecule has 4 heteroatoms. The Labute approximate surface area is 111 Å². The Morgan fingerprint density at radius 2 is 1.83 bits per heavy atom. The molecular weight excluding hydrogens is 228 g/mol. The summed E-state index contributed by atoms with van der Waals surface area (Å²) in [5.74, 6) is 0.380. The van der Waals surface area contributed by atoms with E-state index in [4.69, 9.17) is 15.2 Å². The van der Waals surface area contributed by atoms with Crippen LogP contribution in [0.2, 0.25) is 0 Å². The maximum Gasteiger partial charge on any atom is 0.0788 e. The Morgan fingerprint density at radius 1 is 1.11 bits per heavy atom. The first-order valence-corrected chi connectivity index (χ1v) is 7.09. The highest BCUT2D eigenvalue weighted by Gasteiger charge is 2.52. The summed E-state index contributed by atoms with van der Waals surface area (Å²) in [6.07, 6.45) is 1.12. The summed E-state index contributed by atoms with van der Waals surface area (Å²) in [6, 6.07) is 0.0941. The number of hydrogen-bond donors (Lipinski definition) is 1. The maximum atomic E-state index is 6.41. The third-order valence-corrected chi connectivity index (χ3v) is 4.43. The Bertz CT molecular complexity index is 284. The molecule has 0 radical (unpaired) electrons. The van der Waals surface area contributed by atoms with Crippen molar-refractivity contribution >= 4 is 0 Å². The average Bonchev–Trinajstić information content (AvgIpc) is 2.49. The molecule has 2 saturated heterocycles. The van der Waals surface area contributed by atoms with E-state index in [0.717, 1.165) is 39.3 Å². The standard InChI is InChI=1S/C14H28N2O2/c1-13(2)11(12(15)14(3,4)18-13)10-16-6-5-8-17-9-7-16/h11-12H,5-10,15H2,1-4H3. The van der Waals surface area contributed by atoms with Crippen molar-refractivity contribution in [2.75, 3.05) is 32.8 Å². The number of hydrogen-bond acceptors (Lipinski definition) is 4. The highest BCUT2D eigenvalue weighted by atomic mass is 16.5. The first kappa shape index (κ1) is 14.3. The van der Waals surface area contributed by atoms with E-state index >= 15 is 0 Å². The van der Waals surface area contributed by atoms with Crippen molar-refractivity contribution in [3.8, 4) is 0 Å². The lowest BCUT2D eigenvalue weighted by Crippen LogP contribution is -2.48. The molecule has 0 aromatic heterocycles. The number of ether oxygens (including phenoxy) is 2. The molecule has 2 rings (SSSR count). The fraction of sp³-hybridized carbons (Fsp3) is 1.00. The topological polar surface area (TPSA) is 47.7 Å². The van der Waals surface area contributed by atoms with E-state index in [0.29, 0.717) is 5.92 Å². The average molecular weight is 256 g/mol. The summed E-state index contributed by atoms with van der Waals surface area (Å²) >= 11 is 0. The van der Waals surface area contributed by atoms with Crippen LogP contribution >= 0.6 is 0 Å². The second-order valence-corrected chi connectivity index (χ2v) is 6.71. The second-order valence-electron chi connectivity index (χ2n) is 6.71. The van der Waals surface area contributed by atoms with Crippen LogP contribution in [0.1, 0.15) is 34.1 Å². The van der Waals surface area contributed by atoms with Gasteiger partial charge < -0.3 is 20.1 Å². The van der Waals surface area contributed by atoms with E-state index in [9.17, 15) is 0 Å². The van der Waals surface area contributed by atoms with Gasteiger partial charge in [0.05, 0.1) is 17.8 Å². The molecule has 2 heterocycles. The van der Waals surface area contributed by atoms with Gasteiger partial charge in [-0.25, -0.2) is 0 Å². The minimum atomic E-state index is -0.226. The van der Waals surface area contributed by atoms with Gasteiger partial charge in [-0.1, -0.05) is 0 Å². The van der Waals surface area contributed by atoms with Gasteiger partial charge in [0.1, 0.15) is 0 Å². The van der Waals surface area contributed by atoms with E-state index in [-0.39, 0.29) is 17.2 Å². The van der Waals surface area contributed by atoms with Crippen LogP contribution in [-0.4, -0.2) is 55.0 Å². The molecule has 106 valence electrons. The molecule has 2 atom stereocenters. The quantitative estimate of drug-likeness (QED) is 0.807. The number of rotatable bonds is 2. The lowest BCUT2D eigenvalue weighted by atomic mass is 9.82. The summed E-state index contributed by atoms with van der Waals surface area (Å²) < 4.78 is 11.7. The normalized spacial score (nSPS) is 36.5. The third-order valence-electron chi connectivity index (χ3n) is 4.43. The molecule has 0 aliphatic carbocycles. The Morgan fingerprint density at radius 3 is 2.44 bits per heavy atom. The van der Waals surface area contributed by atoms with E-state index in [2.05, 4.69) is 32.6 Å². The van der Waals surface area contributed by atoms with Crippen molar-refractivity contribution < 1.29 is 9.47 Å².